The summed E-state index contributed by atoms with van der Waals surface area (Å²) in [5, 5.41) is 0. The van der Waals surface area contributed by atoms with Crippen LogP contribution in [0.1, 0.15) is 0 Å². The molecule has 0 saturated heterocycles. The van der Waals surface area contributed by atoms with Gasteiger partial charge in [0.05, 0.1) is 0 Å². The molecule has 0 atom stereocenters. The van der Waals surface area contributed by atoms with Crippen molar-refractivity contribution in [2.45, 2.75) is 13.1 Å². The zero-order valence-electron chi connectivity index (χ0n) is 6.67. The number of benzene rings is 1. The van der Waals surface area contributed by atoms with Crippen LogP contribution in [0.5, 0.6) is 5.75 Å². The first-order valence-electron chi connectivity index (χ1n) is 3.51. The molecule has 0 aliphatic heterocycles. The van der Waals surface area contributed by atoms with Crippen molar-refractivity contribution in [1.82, 2.24) is 0 Å². The van der Waals surface area contributed by atoms with Gasteiger partial charge in [-0.3, -0.25) is 0 Å². The molecule has 0 radical (unpaired) electrons. The molecular weight excluding hydrogens is 176 g/mol. The molecule has 1 nitrogen and oxygen atoms in total. The van der Waals surface area contributed by atoms with E-state index in [0.717, 1.165) is 5.75 Å². The molecule has 0 N–H and O–H groups in total. The fourth-order valence-corrected chi connectivity index (χ4v) is 1.73. The zero-order chi connectivity index (χ0) is 8.32. The lowest BCUT2D eigenvalue weighted by Crippen LogP contribution is -2.26. The Balaban J connectivity index is 2.66. The minimum Gasteiger partial charge on any atom is -0.530 e. The van der Waals surface area contributed by atoms with Crippen molar-refractivity contribution in [3.8, 4) is 5.75 Å². The van der Waals surface area contributed by atoms with Crippen LogP contribution >= 0.6 is 11.1 Å². The van der Waals surface area contributed by atoms with Crippen molar-refractivity contribution < 1.29 is 4.43 Å². The van der Waals surface area contributed by atoms with Gasteiger partial charge in [0.15, 0.2) is 0 Å². The highest BCUT2D eigenvalue weighted by Gasteiger charge is 2.19. The molecule has 0 aliphatic rings. The van der Waals surface area contributed by atoms with Crippen LogP contribution in [0.2, 0.25) is 13.1 Å². The summed E-state index contributed by atoms with van der Waals surface area (Å²) in [6.07, 6.45) is 0. The van der Waals surface area contributed by atoms with Crippen LogP contribution in [-0.4, -0.2) is 7.63 Å². The van der Waals surface area contributed by atoms with Crippen molar-refractivity contribution in [2.24, 2.45) is 0 Å². The third kappa shape index (κ3) is 3.44. The van der Waals surface area contributed by atoms with Gasteiger partial charge in [0.2, 0.25) is 0 Å². The van der Waals surface area contributed by atoms with E-state index in [1.165, 1.54) is 0 Å². The molecule has 0 spiro atoms. The number of rotatable bonds is 2. The number of hydrogen-bond acceptors (Lipinski definition) is 1. The minimum absolute atomic E-state index is 0.860. The normalized spacial score (nSPS) is 11.2. The monoisotopic (exact) mass is 186 g/mol. The summed E-state index contributed by atoms with van der Waals surface area (Å²) in [5.41, 5.74) is 0. The van der Waals surface area contributed by atoms with Gasteiger partial charge in [-0.1, -0.05) is 18.2 Å². The molecule has 1 aromatic rings. The molecule has 11 heavy (non-hydrogen) atoms. The van der Waals surface area contributed by atoms with Crippen molar-refractivity contribution >= 4 is 18.7 Å². The fraction of sp³-hybridized carbons (Fsp3) is 0.250. The first kappa shape index (κ1) is 8.62. The number of halogens is 1. The molecule has 1 rings (SSSR count). The van der Waals surface area contributed by atoms with Gasteiger partial charge in [-0.15, -0.1) is 11.1 Å². The zero-order valence-corrected chi connectivity index (χ0v) is 8.43. The minimum atomic E-state index is -1.93. The molecule has 60 valence electrons. The molecule has 0 unspecified atom stereocenters. The number of para-hydroxylation sites is 1. The Labute approximate surface area is 72.8 Å². The summed E-state index contributed by atoms with van der Waals surface area (Å²) >= 11 is 5.98. The van der Waals surface area contributed by atoms with E-state index in [-0.39, 0.29) is 0 Å². The van der Waals surface area contributed by atoms with E-state index in [4.69, 9.17) is 15.5 Å². The average Bonchev–Trinajstić information content (AvgIpc) is 1.85. The molecule has 0 aliphatic carbocycles. The van der Waals surface area contributed by atoms with Gasteiger partial charge in [0.25, 0.3) is 0 Å². The summed E-state index contributed by atoms with van der Waals surface area (Å²) in [6, 6.07) is 9.66. The maximum Gasteiger partial charge on any atom is 0.341 e. The van der Waals surface area contributed by atoms with Gasteiger partial charge < -0.3 is 4.43 Å². The van der Waals surface area contributed by atoms with Gasteiger partial charge >= 0.3 is 7.63 Å². The summed E-state index contributed by atoms with van der Waals surface area (Å²) in [5.74, 6) is 0.860. The highest BCUT2D eigenvalue weighted by molar-refractivity contribution is 7.15. The van der Waals surface area contributed by atoms with Gasteiger partial charge in [-0.25, -0.2) is 0 Å². The predicted molar refractivity (Wildman–Crippen MR) is 50.4 cm³/mol. The maximum absolute atomic E-state index is 5.98. The molecule has 0 fully saturated rings. The van der Waals surface area contributed by atoms with E-state index < -0.39 is 7.63 Å². The Kier molecular flexibility index (Phi) is 2.57. The summed E-state index contributed by atoms with van der Waals surface area (Å²) < 4.78 is 5.51. The lowest BCUT2D eigenvalue weighted by Gasteiger charge is -2.15. The van der Waals surface area contributed by atoms with E-state index in [0.29, 0.717) is 0 Å². The van der Waals surface area contributed by atoms with Crippen molar-refractivity contribution in [2.75, 3.05) is 0 Å². The molecule has 0 heterocycles. The predicted octanol–water partition coefficient (Wildman–Crippen LogP) is 3.01. The van der Waals surface area contributed by atoms with Gasteiger partial charge in [0.1, 0.15) is 5.75 Å². The Bertz CT molecular complexity index is 217. The van der Waals surface area contributed by atoms with Crippen LogP contribution in [0.3, 0.4) is 0 Å². The van der Waals surface area contributed by atoms with Crippen LogP contribution < -0.4 is 4.43 Å². The Hall–Kier alpha value is -0.473. The Morgan fingerprint density at radius 3 is 2.18 bits per heavy atom. The first-order valence-corrected chi connectivity index (χ1v) is 7.43. The highest BCUT2D eigenvalue weighted by Crippen LogP contribution is 2.17. The molecule has 0 saturated carbocycles. The average molecular weight is 187 g/mol. The first-order chi connectivity index (χ1) is 5.08. The van der Waals surface area contributed by atoms with Gasteiger partial charge in [-0.05, 0) is 25.2 Å². The molecule has 1 aromatic carbocycles. The molecular formula is C8H11ClOSi. The van der Waals surface area contributed by atoms with Gasteiger partial charge in [-0.2, -0.15) is 0 Å². The second-order valence-corrected chi connectivity index (χ2v) is 8.44. The van der Waals surface area contributed by atoms with E-state index in [1.807, 2.05) is 43.4 Å². The van der Waals surface area contributed by atoms with E-state index in [9.17, 15) is 0 Å². The second kappa shape index (κ2) is 3.28. The fourth-order valence-electron chi connectivity index (χ4n) is 0.769. The smallest absolute Gasteiger partial charge is 0.341 e. The van der Waals surface area contributed by atoms with Crippen molar-refractivity contribution in [1.29, 1.82) is 0 Å². The maximum atomic E-state index is 5.98. The lowest BCUT2D eigenvalue weighted by molar-refractivity contribution is 0.572. The van der Waals surface area contributed by atoms with E-state index in [1.54, 1.807) is 0 Å². The van der Waals surface area contributed by atoms with Crippen LogP contribution in [0.15, 0.2) is 30.3 Å². The standard InChI is InChI=1S/C8H11ClOSi/c1-11(2,9)10-8-6-4-3-5-7-8/h3-7H,1-2H3. The third-order valence-corrected chi connectivity index (χ3v) is 2.06. The molecule has 3 heteroatoms. The molecule has 0 bridgehead atoms. The molecule has 0 amide bonds. The largest absolute Gasteiger partial charge is 0.530 e. The van der Waals surface area contributed by atoms with Crippen LogP contribution in [-0.2, 0) is 0 Å². The highest BCUT2D eigenvalue weighted by atomic mass is 35.6. The van der Waals surface area contributed by atoms with Crippen molar-refractivity contribution in [3.05, 3.63) is 30.3 Å². The van der Waals surface area contributed by atoms with Gasteiger partial charge in [0, 0.05) is 0 Å². The van der Waals surface area contributed by atoms with Crippen LogP contribution in [0, 0.1) is 0 Å². The summed E-state index contributed by atoms with van der Waals surface area (Å²) in [6.45, 7) is 3.89. The summed E-state index contributed by atoms with van der Waals surface area (Å²) in [4.78, 5) is 0. The van der Waals surface area contributed by atoms with E-state index >= 15 is 0 Å². The quantitative estimate of drug-likeness (QED) is 0.510. The number of hydrogen-bond donors (Lipinski definition) is 0. The van der Waals surface area contributed by atoms with Crippen LogP contribution in [0.25, 0.3) is 0 Å². The lowest BCUT2D eigenvalue weighted by atomic mass is 10.3. The van der Waals surface area contributed by atoms with Crippen LogP contribution in [0.4, 0.5) is 0 Å². The topological polar surface area (TPSA) is 9.23 Å². The summed E-state index contributed by atoms with van der Waals surface area (Å²) in [7, 11) is -1.93. The second-order valence-electron chi connectivity index (χ2n) is 2.78. The Morgan fingerprint density at radius 1 is 1.18 bits per heavy atom. The van der Waals surface area contributed by atoms with Crippen molar-refractivity contribution in [3.63, 3.8) is 0 Å². The third-order valence-electron chi connectivity index (χ3n) is 1.10. The Morgan fingerprint density at radius 2 is 1.73 bits per heavy atom. The van der Waals surface area contributed by atoms with E-state index in [2.05, 4.69) is 0 Å². The molecule has 0 aromatic heterocycles. The SMILES string of the molecule is C[Si](C)(Cl)Oc1ccccc1.